The summed E-state index contributed by atoms with van der Waals surface area (Å²) in [7, 11) is 0. The van der Waals surface area contributed by atoms with Crippen LogP contribution < -0.4 is 20.8 Å². The number of hydrogen-bond acceptors (Lipinski definition) is 6. The van der Waals surface area contributed by atoms with E-state index in [1.165, 1.54) is 12.1 Å². The van der Waals surface area contributed by atoms with E-state index >= 15 is 0 Å². The van der Waals surface area contributed by atoms with Gasteiger partial charge in [0.1, 0.15) is 24.0 Å². The predicted molar refractivity (Wildman–Crippen MR) is 99.0 cm³/mol. The van der Waals surface area contributed by atoms with Crippen molar-refractivity contribution in [1.29, 1.82) is 0 Å². The molecule has 3 heterocycles. The maximum atomic E-state index is 13.7. The number of benzene rings is 1. The second-order valence-electron chi connectivity index (χ2n) is 6.70. The third kappa shape index (κ3) is 3.66. The number of rotatable bonds is 2. The van der Waals surface area contributed by atoms with Crippen LogP contribution in [0.15, 0.2) is 46.9 Å². The number of hydrazine groups is 1. The lowest BCUT2D eigenvalue weighted by atomic mass is 10.1. The minimum Gasteiger partial charge on any atom is -0.491 e. The molecule has 0 radical (unpaired) electrons. The van der Waals surface area contributed by atoms with E-state index in [0.29, 0.717) is 48.2 Å². The number of nitrogens with zero attached hydrogens (tertiary/aromatic N) is 2. The fraction of sp³-hybridized carbons (Fsp3) is 0.368. The van der Waals surface area contributed by atoms with Crippen molar-refractivity contribution < 1.29 is 13.9 Å². The summed E-state index contributed by atoms with van der Waals surface area (Å²) in [6, 6.07) is 4.32. The van der Waals surface area contributed by atoms with Crippen LogP contribution in [-0.2, 0) is 11.3 Å². The summed E-state index contributed by atoms with van der Waals surface area (Å²) in [6.07, 6.45) is 5.32. The van der Waals surface area contributed by atoms with Crippen molar-refractivity contribution in [3.63, 3.8) is 0 Å². The number of carbonyl (C=O) groups excluding carboxylic acids is 1. The molecule has 0 saturated carbocycles. The Labute approximate surface area is 156 Å². The topological polar surface area (TPSA) is 78.0 Å². The zero-order valence-electron chi connectivity index (χ0n) is 15.1. The number of amidine groups is 1. The van der Waals surface area contributed by atoms with Crippen LogP contribution in [-0.4, -0.2) is 35.9 Å². The van der Waals surface area contributed by atoms with Crippen LogP contribution in [0.3, 0.4) is 0 Å². The summed E-state index contributed by atoms with van der Waals surface area (Å²) in [5, 5.41) is 7.98. The summed E-state index contributed by atoms with van der Waals surface area (Å²) >= 11 is 0. The summed E-state index contributed by atoms with van der Waals surface area (Å²) in [4.78, 5) is 17.3. The van der Waals surface area contributed by atoms with E-state index in [9.17, 15) is 9.18 Å². The van der Waals surface area contributed by atoms with E-state index in [4.69, 9.17) is 4.74 Å². The average Bonchev–Trinajstić information content (AvgIpc) is 3.08. The minimum absolute atomic E-state index is 0.140. The van der Waals surface area contributed by atoms with Crippen LogP contribution in [0.1, 0.15) is 25.3 Å². The molecule has 0 saturated heterocycles. The number of fused-ring (bicyclic) bond motifs is 1. The fourth-order valence-electron chi connectivity index (χ4n) is 3.31. The molecule has 0 aromatic heterocycles. The fourth-order valence-corrected chi connectivity index (χ4v) is 3.31. The molecule has 4 rings (SSSR count). The summed E-state index contributed by atoms with van der Waals surface area (Å²) in [5.74, 6) is 1.31. The maximum Gasteiger partial charge on any atom is 0.252 e. The molecule has 8 heteroatoms. The van der Waals surface area contributed by atoms with Gasteiger partial charge in [0.05, 0.1) is 11.6 Å². The molecule has 3 aliphatic heterocycles. The standard InChI is InChI=1S/C19H22FN5O2/c1-2-3-14-11-27-16-5-4-13(20)8-12(16)9-21-17-6-7-25-18(24-17)15(10-22-25)19(26)23-14/h4-8,14,22H,2-3,9-11H2,1H3,(H,21,24)(H,23,26). The molecule has 1 unspecified atom stereocenters. The normalized spacial score (nSPS) is 21.9. The molecule has 2 bridgehead atoms. The summed E-state index contributed by atoms with van der Waals surface area (Å²) < 4.78 is 19.7. The van der Waals surface area contributed by atoms with E-state index < -0.39 is 0 Å². The van der Waals surface area contributed by atoms with Crippen molar-refractivity contribution in [2.45, 2.75) is 32.4 Å². The largest absolute Gasteiger partial charge is 0.491 e. The van der Waals surface area contributed by atoms with Gasteiger partial charge in [-0.2, -0.15) is 0 Å². The van der Waals surface area contributed by atoms with Crippen molar-refractivity contribution in [3.05, 3.63) is 53.2 Å². The highest BCUT2D eigenvalue weighted by molar-refractivity contribution is 5.98. The van der Waals surface area contributed by atoms with Gasteiger partial charge < -0.3 is 15.4 Å². The van der Waals surface area contributed by atoms with Gasteiger partial charge in [-0.15, -0.1) is 0 Å². The monoisotopic (exact) mass is 371 g/mol. The first kappa shape index (κ1) is 17.5. The molecule has 3 N–H and O–H groups in total. The number of nitrogens with one attached hydrogen (secondary N) is 3. The SMILES string of the molecule is CCCC1COc2ccc(F)cc2CNC2=NC3=C(CNN3C=C2)C(=O)N1. The Balaban J connectivity index is 1.70. The molecule has 0 spiro atoms. The molecule has 0 fully saturated rings. The van der Waals surface area contributed by atoms with Crippen molar-refractivity contribution in [3.8, 4) is 5.75 Å². The van der Waals surface area contributed by atoms with Gasteiger partial charge in [-0.05, 0) is 30.7 Å². The molecule has 1 aromatic rings. The number of ether oxygens (including phenoxy) is 1. The number of hydrogen-bond donors (Lipinski definition) is 3. The van der Waals surface area contributed by atoms with Crippen molar-refractivity contribution in [2.75, 3.05) is 13.2 Å². The van der Waals surface area contributed by atoms with Crippen LogP contribution in [0.5, 0.6) is 5.75 Å². The second kappa shape index (κ2) is 7.40. The Kier molecular flexibility index (Phi) is 4.81. The molecular formula is C19H22FN5O2. The van der Waals surface area contributed by atoms with Gasteiger partial charge in [0.15, 0.2) is 5.82 Å². The molecule has 142 valence electrons. The van der Waals surface area contributed by atoms with Gasteiger partial charge in [-0.3, -0.25) is 9.80 Å². The number of aliphatic imine (C=N–C) groups is 1. The smallest absolute Gasteiger partial charge is 0.252 e. The van der Waals surface area contributed by atoms with E-state index in [0.717, 1.165) is 12.8 Å². The van der Waals surface area contributed by atoms with Gasteiger partial charge in [0.25, 0.3) is 5.91 Å². The molecule has 7 nitrogen and oxygen atoms in total. The Morgan fingerprint density at radius 1 is 1.37 bits per heavy atom. The predicted octanol–water partition coefficient (Wildman–Crippen LogP) is 1.55. The minimum atomic E-state index is -0.320. The van der Waals surface area contributed by atoms with E-state index in [2.05, 4.69) is 28.0 Å². The Hall–Kier alpha value is -2.87. The molecule has 0 aliphatic carbocycles. The van der Waals surface area contributed by atoms with E-state index in [1.54, 1.807) is 17.2 Å². The summed E-state index contributed by atoms with van der Waals surface area (Å²) in [5.41, 5.74) is 4.41. The number of carbonyl (C=O) groups is 1. The molecular weight excluding hydrogens is 349 g/mol. The highest BCUT2D eigenvalue weighted by Crippen LogP contribution is 2.23. The quantitative estimate of drug-likeness (QED) is 0.735. The Bertz CT molecular complexity index is 849. The Morgan fingerprint density at radius 2 is 2.26 bits per heavy atom. The first-order valence-corrected chi connectivity index (χ1v) is 9.13. The van der Waals surface area contributed by atoms with Gasteiger partial charge in [0, 0.05) is 24.9 Å². The van der Waals surface area contributed by atoms with Crippen molar-refractivity contribution in [2.24, 2.45) is 4.99 Å². The zero-order valence-corrected chi connectivity index (χ0v) is 15.1. The first-order valence-electron chi connectivity index (χ1n) is 9.13. The number of amides is 1. The lowest BCUT2D eigenvalue weighted by molar-refractivity contribution is -0.118. The molecule has 27 heavy (non-hydrogen) atoms. The molecule has 3 aliphatic rings. The van der Waals surface area contributed by atoms with E-state index in [1.807, 2.05) is 6.20 Å². The van der Waals surface area contributed by atoms with Gasteiger partial charge in [-0.25, -0.2) is 14.8 Å². The van der Waals surface area contributed by atoms with Gasteiger partial charge in [-0.1, -0.05) is 13.3 Å². The molecule has 1 amide bonds. The zero-order chi connectivity index (χ0) is 18.8. The van der Waals surface area contributed by atoms with E-state index in [-0.39, 0.29) is 17.8 Å². The third-order valence-corrected chi connectivity index (χ3v) is 4.70. The van der Waals surface area contributed by atoms with Crippen LogP contribution in [0.4, 0.5) is 4.39 Å². The second-order valence-corrected chi connectivity index (χ2v) is 6.70. The van der Waals surface area contributed by atoms with Crippen LogP contribution >= 0.6 is 0 Å². The highest BCUT2D eigenvalue weighted by atomic mass is 19.1. The lowest BCUT2D eigenvalue weighted by Gasteiger charge is -2.20. The van der Waals surface area contributed by atoms with Crippen molar-refractivity contribution >= 4 is 11.7 Å². The van der Waals surface area contributed by atoms with Crippen molar-refractivity contribution in [1.82, 2.24) is 21.1 Å². The molecule has 1 aromatic carbocycles. The summed E-state index contributed by atoms with van der Waals surface area (Å²) in [6.45, 7) is 3.16. The van der Waals surface area contributed by atoms with Gasteiger partial charge >= 0.3 is 0 Å². The number of halogens is 1. The van der Waals surface area contributed by atoms with Crippen LogP contribution in [0.25, 0.3) is 0 Å². The lowest BCUT2D eigenvalue weighted by Crippen LogP contribution is -2.40. The third-order valence-electron chi connectivity index (χ3n) is 4.70. The first-order chi connectivity index (χ1) is 13.1. The maximum absolute atomic E-state index is 13.7. The van der Waals surface area contributed by atoms with Crippen LogP contribution in [0, 0.1) is 5.82 Å². The average molecular weight is 371 g/mol. The van der Waals surface area contributed by atoms with Gasteiger partial charge in [0.2, 0.25) is 0 Å². The highest BCUT2D eigenvalue weighted by Gasteiger charge is 2.29. The Morgan fingerprint density at radius 3 is 3.11 bits per heavy atom. The molecule has 1 atom stereocenters. The van der Waals surface area contributed by atoms with Crippen LogP contribution in [0.2, 0.25) is 0 Å².